The van der Waals surface area contributed by atoms with Crippen LogP contribution in [0.15, 0.2) is 6.33 Å². The van der Waals surface area contributed by atoms with Crippen molar-refractivity contribution in [2.24, 2.45) is 13.0 Å². The molecule has 1 saturated carbocycles. The Kier molecular flexibility index (Phi) is 3.28. The van der Waals surface area contributed by atoms with Crippen molar-refractivity contribution < 1.29 is 9.90 Å². The number of aliphatic hydroxyl groups is 1. The Morgan fingerprint density at radius 2 is 2.24 bits per heavy atom. The van der Waals surface area contributed by atoms with Gasteiger partial charge in [-0.15, -0.1) is 0 Å². The van der Waals surface area contributed by atoms with Gasteiger partial charge in [0.15, 0.2) is 5.78 Å². The zero-order valence-electron chi connectivity index (χ0n) is 10.4. The maximum atomic E-state index is 12.1. The van der Waals surface area contributed by atoms with Gasteiger partial charge in [0, 0.05) is 7.05 Å². The van der Waals surface area contributed by atoms with Crippen molar-refractivity contribution in [2.75, 3.05) is 0 Å². The SMILES string of the molecule is CC1CCC(O)(C(=O)Cc2ncnn2C)CC1. The van der Waals surface area contributed by atoms with Crippen molar-refractivity contribution in [3.63, 3.8) is 0 Å². The second-order valence-electron chi connectivity index (χ2n) is 5.11. The number of ketones is 1. The van der Waals surface area contributed by atoms with Crippen LogP contribution in [0.1, 0.15) is 38.4 Å². The maximum absolute atomic E-state index is 12.1. The molecule has 0 bridgehead atoms. The number of Topliss-reactive ketones (excluding diaryl/α,β-unsaturated/α-hetero) is 1. The van der Waals surface area contributed by atoms with E-state index in [9.17, 15) is 9.90 Å². The highest BCUT2D eigenvalue weighted by atomic mass is 16.3. The van der Waals surface area contributed by atoms with E-state index in [-0.39, 0.29) is 12.2 Å². The minimum absolute atomic E-state index is 0.125. The first-order valence-electron chi connectivity index (χ1n) is 6.10. The first kappa shape index (κ1) is 12.2. The van der Waals surface area contributed by atoms with Gasteiger partial charge in [-0.1, -0.05) is 6.92 Å². The summed E-state index contributed by atoms with van der Waals surface area (Å²) in [4.78, 5) is 16.1. The monoisotopic (exact) mass is 237 g/mol. The minimum Gasteiger partial charge on any atom is -0.382 e. The number of aromatic nitrogens is 3. The third kappa shape index (κ3) is 2.54. The third-order valence-electron chi connectivity index (χ3n) is 3.74. The summed E-state index contributed by atoms with van der Waals surface area (Å²) in [5.41, 5.74) is -1.14. The maximum Gasteiger partial charge on any atom is 0.171 e. The minimum atomic E-state index is -1.14. The molecular weight excluding hydrogens is 218 g/mol. The Morgan fingerprint density at radius 3 is 2.76 bits per heavy atom. The number of hydrogen-bond acceptors (Lipinski definition) is 4. The van der Waals surface area contributed by atoms with Gasteiger partial charge < -0.3 is 5.11 Å². The largest absolute Gasteiger partial charge is 0.382 e. The molecule has 0 atom stereocenters. The Bertz CT molecular complexity index is 406. The predicted molar refractivity (Wildman–Crippen MR) is 62.3 cm³/mol. The number of hydrogen-bond donors (Lipinski definition) is 1. The smallest absolute Gasteiger partial charge is 0.171 e. The lowest BCUT2D eigenvalue weighted by Crippen LogP contribution is -2.43. The average Bonchev–Trinajstić information content (AvgIpc) is 2.69. The lowest BCUT2D eigenvalue weighted by atomic mass is 9.76. The molecule has 94 valence electrons. The molecule has 5 nitrogen and oxygen atoms in total. The molecule has 2 rings (SSSR count). The van der Waals surface area contributed by atoms with Crippen LogP contribution in [0.3, 0.4) is 0 Å². The normalized spacial score (nSPS) is 29.2. The molecule has 1 aliphatic rings. The van der Waals surface area contributed by atoms with Crippen LogP contribution in [-0.4, -0.2) is 31.3 Å². The van der Waals surface area contributed by atoms with Crippen LogP contribution in [0.5, 0.6) is 0 Å². The summed E-state index contributed by atoms with van der Waals surface area (Å²) in [6.07, 6.45) is 4.58. The Hall–Kier alpha value is -1.23. The van der Waals surface area contributed by atoms with Crippen LogP contribution in [0, 0.1) is 5.92 Å². The zero-order valence-corrected chi connectivity index (χ0v) is 10.4. The number of carbonyl (C=O) groups excluding carboxylic acids is 1. The van der Waals surface area contributed by atoms with Gasteiger partial charge in [0.05, 0.1) is 6.42 Å². The molecule has 0 saturated heterocycles. The molecule has 17 heavy (non-hydrogen) atoms. The van der Waals surface area contributed by atoms with E-state index in [0.29, 0.717) is 24.6 Å². The van der Waals surface area contributed by atoms with Crippen LogP contribution >= 0.6 is 0 Å². The van der Waals surface area contributed by atoms with E-state index in [0.717, 1.165) is 12.8 Å². The quantitative estimate of drug-likeness (QED) is 0.847. The van der Waals surface area contributed by atoms with Crippen LogP contribution in [-0.2, 0) is 18.3 Å². The van der Waals surface area contributed by atoms with Crippen molar-refractivity contribution in [2.45, 2.75) is 44.6 Å². The van der Waals surface area contributed by atoms with Gasteiger partial charge in [0.2, 0.25) is 0 Å². The molecule has 1 N–H and O–H groups in total. The lowest BCUT2D eigenvalue weighted by molar-refractivity contribution is -0.140. The van der Waals surface area contributed by atoms with Crippen molar-refractivity contribution >= 4 is 5.78 Å². The Balaban J connectivity index is 2.02. The molecule has 0 radical (unpaired) electrons. The number of carbonyl (C=O) groups is 1. The van der Waals surface area contributed by atoms with Crippen molar-refractivity contribution in [3.8, 4) is 0 Å². The van der Waals surface area contributed by atoms with Gasteiger partial charge in [0.25, 0.3) is 0 Å². The van der Waals surface area contributed by atoms with Crippen LogP contribution in [0.25, 0.3) is 0 Å². The molecule has 1 aromatic heterocycles. The van der Waals surface area contributed by atoms with Crippen LogP contribution < -0.4 is 0 Å². The molecule has 0 unspecified atom stereocenters. The molecule has 0 amide bonds. The second kappa shape index (κ2) is 4.56. The van der Waals surface area contributed by atoms with Gasteiger partial charge in [-0.3, -0.25) is 9.48 Å². The van der Waals surface area contributed by atoms with E-state index in [1.165, 1.54) is 6.33 Å². The molecule has 1 aliphatic carbocycles. The van der Waals surface area contributed by atoms with E-state index in [4.69, 9.17) is 0 Å². The molecule has 0 aliphatic heterocycles. The number of aryl methyl sites for hydroxylation is 1. The highest BCUT2D eigenvalue weighted by Crippen LogP contribution is 2.32. The molecule has 1 heterocycles. The Labute approximate surface area is 101 Å². The fourth-order valence-electron chi connectivity index (χ4n) is 2.31. The average molecular weight is 237 g/mol. The fraction of sp³-hybridized carbons (Fsp3) is 0.750. The van der Waals surface area contributed by atoms with E-state index in [1.807, 2.05) is 0 Å². The summed E-state index contributed by atoms with van der Waals surface area (Å²) in [5.74, 6) is 1.10. The van der Waals surface area contributed by atoms with Gasteiger partial charge in [-0.05, 0) is 31.6 Å². The molecular formula is C12H19N3O2. The van der Waals surface area contributed by atoms with Crippen LogP contribution in [0.2, 0.25) is 0 Å². The standard InChI is InChI=1S/C12H19N3O2/c1-9-3-5-12(17,6-4-9)10(16)7-11-13-8-14-15(11)2/h8-9,17H,3-7H2,1-2H3. The van der Waals surface area contributed by atoms with Crippen molar-refractivity contribution in [3.05, 3.63) is 12.2 Å². The number of nitrogens with zero attached hydrogens (tertiary/aromatic N) is 3. The summed E-state index contributed by atoms with van der Waals surface area (Å²) in [7, 11) is 1.75. The number of rotatable bonds is 3. The third-order valence-corrected chi connectivity index (χ3v) is 3.74. The summed E-state index contributed by atoms with van der Waals surface area (Å²) in [6.45, 7) is 2.16. The molecule has 0 spiro atoms. The van der Waals surface area contributed by atoms with Gasteiger partial charge in [0.1, 0.15) is 17.8 Å². The lowest BCUT2D eigenvalue weighted by Gasteiger charge is -2.33. The summed E-state index contributed by atoms with van der Waals surface area (Å²) < 4.78 is 1.58. The summed E-state index contributed by atoms with van der Waals surface area (Å²) >= 11 is 0. The van der Waals surface area contributed by atoms with E-state index in [1.54, 1.807) is 11.7 Å². The highest BCUT2D eigenvalue weighted by Gasteiger charge is 2.38. The Morgan fingerprint density at radius 1 is 1.59 bits per heavy atom. The van der Waals surface area contributed by atoms with Crippen molar-refractivity contribution in [1.29, 1.82) is 0 Å². The topological polar surface area (TPSA) is 68.0 Å². The van der Waals surface area contributed by atoms with E-state index < -0.39 is 5.60 Å². The fourth-order valence-corrected chi connectivity index (χ4v) is 2.31. The van der Waals surface area contributed by atoms with Crippen LogP contribution in [0.4, 0.5) is 0 Å². The summed E-state index contributed by atoms with van der Waals surface area (Å²) in [6, 6.07) is 0. The molecule has 5 heteroatoms. The first-order chi connectivity index (χ1) is 8.01. The highest BCUT2D eigenvalue weighted by molar-refractivity contribution is 5.88. The van der Waals surface area contributed by atoms with Gasteiger partial charge in [-0.25, -0.2) is 4.98 Å². The molecule has 1 aromatic rings. The first-order valence-corrected chi connectivity index (χ1v) is 6.10. The van der Waals surface area contributed by atoms with Gasteiger partial charge in [-0.2, -0.15) is 5.10 Å². The van der Waals surface area contributed by atoms with E-state index in [2.05, 4.69) is 17.0 Å². The van der Waals surface area contributed by atoms with Crippen molar-refractivity contribution in [1.82, 2.24) is 14.8 Å². The van der Waals surface area contributed by atoms with Gasteiger partial charge >= 0.3 is 0 Å². The summed E-state index contributed by atoms with van der Waals surface area (Å²) in [5, 5.41) is 14.3. The van der Waals surface area contributed by atoms with E-state index >= 15 is 0 Å². The zero-order chi connectivity index (χ0) is 12.5. The second-order valence-corrected chi connectivity index (χ2v) is 5.11. The predicted octanol–water partition coefficient (Wildman–Crippen LogP) is 0.868. The molecule has 1 fully saturated rings. The molecule has 0 aromatic carbocycles.